The molecule has 0 saturated heterocycles. The van der Waals surface area contributed by atoms with Crippen LogP contribution in [0.15, 0.2) is 101 Å². The van der Waals surface area contributed by atoms with E-state index in [2.05, 4.69) is 72.1 Å². The van der Waals surface area contributed by atoms with E-state index >= 15 is 0 Å². The Morgan fingerprint density at radius 2 is 1.73 bits per heavy atom. The van der Waals surface area contributed by atoms with Crippen molar-refractivity contribution in [3.05, 3.63) is 112 Å². The number of hydrogen-bond acceptors (Lipinski definition) is 4. The average molecular weight is 473 g/mol. The summed E-state index contributed by atoms with van der Waals surface area (Å²) in [4.78, 5) is 13.1. The second kappa shape index (κ2) is 11.0. The van der Waals surface area contributed by atoms with Gasteiger partial charge in [0.25, 0.3) is 0 Å². The Bertz CT molecular complexity index is 1230. The molecule has 3 nitrogen and oxygen atoms in total. The monoisotopic (exact) mass is 472 g/mol. The van der Waals surface area contributed by atoms with Gasteiger partial charge in [0.05, 0.1) is 0 Å². The van der Waals surface area contributed by atoms with E-state index in [0.29, 0.717) is 5.75 Å². The highest BCUT2D eigenvalue weighted by atomic mass is 32.2. The Morgan fingerprint density at radius 3 is 2.39 bits per heavy atom. The van der Waals surface area contributed by atoms with Gasteiger partial charge in [-0.1, -0.05) is 66.7 Å². The molecule has 0 spiro atoms. The highest BCUT2D eigenvalue weighted by Gasteiger charge is 2.08. The van der Waals surface area contributed by atoms with Crippen LogP contribution in [-0.4, -0.2) is 23.4 Å². The van der Waals surface area contributed by atoms with E-state index in [0.717, 1.165) is 16.2 Å². The van der Waals surface area contributed by atoms with Crippen molar-refractivity contribution in [1.29, 1.82) is 0 Å². The number of rotatable bonds is 9. The SMILES string of the molecule is Cc1cc(SC/C=C(/c2ccc(-c3ccccc3)cc2)c2cccs2)ccc1OCC(=O)O. The summed E-state index contributed by atoms with van der Waals surface area (Å²) >= 11 is 3.49. The molecule has 0 saturated carbocycles. The van der Waals surface area contributed by atoms with Gasteiger partial charge in [0.2, 0.25) is 0 Å². The molecule has 1 N–H and O–H groups in total. The molecule has 4 rings (SSSR count). The van der Waals surface area contributed by atoms with Crippen LogP contribution in [0.3, 0.4) is 0 Å². The third kappa shape index (κ3) is 6.15. The topological polar surface area (TPSA) is 46.5 Å². The second-order valence-electron chi connectivity index (χ2n) is 7.46. The Labute approximate surface area is 202 Å². The number of carboxylic acid groups (broad SMARTS) is 1. The fourth-order valence-electron chi connectivity index (χ4n) is 3.50. The summed E-state index contributed by atoms with van der Waals surface area (Å²) < 4.78 is 5.32. The third-order valence-electron chi connectivity index (χ3n) is 5.12. The first-order chi connectivity index (χ1) is 16.1. The zero-order chi connectivity index (χ0) is 23.0. The summed E-state index contributed by atoms with van der Waals surface area (Å²) in [6.45, 7) is 1.60. The minimum absolute atomic E-state index is 0.330. The maximum atomic E-state index is 10.7. The number of aliphatic carboxylic acids is 1. The molecule has 0 unspecified atom stereocenters. The number of ether oxygens (including phenoxy) is 1. The van der Waals surface area contributed by atoms with E-state index in [1.54, 1.807) is 23.1 Å². The van der Waals surface area contributed by atoms with Gasteiger partial charge in [-0.05, 0) is 64.4 Å². The third-order valence-corrected chi connectivity index (χ3v) is 6.95. The normalized spacial score (nSPS) is 11.4. The average Bonchev–Trinajstić information content (AvgIpc) is 3.36. The molecule has 0 fully saturated rings. The Hall–Kier alpha value is -3.28. The summed E-state index contributed by atoms with van der Waals surface area (Å²) in [5.74, 6) is 0.452. The Balaban J connectivity index is 1.50. The van der Waals surface area contributed by atoms with Crippen molar-refractivity contribution in [1.82, 2.24) is 0 Å². The highest BCUT2D eigenvalue weighted by molar-refractivity contribution is 7.99. The van der Waals surface area contributed by atoms with E-state index in [9.17, 15) is 4.79 Å². The number of carbonyl (C=O) groups is 1. The van der Waals surface area contributed by atoms with Crippen molar-refractivity contribution >= 4 is 34.6 Å². The van der Waals surface area contributed by atoms with E-state index in [1.165, 1.54) is 27.1 Å². The lowest BCUT2D eigenvalue weighted by atomic mass is 9.99. The number of thiophene rings is 1. The van der Waals surface area contributed by atoms with E-state index in [4.69, 9.17) is 9.84 Å². The molecular formula is C28H24O3S2. The quantitative estimate of drug-likeness (QED) is 0.258. The largest absolute Gasteiger partial charge is 0.482 e. The van der Waals surface area contributed by atoms with Gasteiger partial charge in [-0.15, -0.1) is 23.1 Å². The van der Waals surface area contributed by atoms with Gasteiger partial charge >= 0.3 is 5.97 Å². The van der Waals surface area contributed by atoms with Crippen LogP contribution in [0, 0.1) is 6.92 Å². The molecule has 33 heavy (non-hydrogen) atoms. The van der Waals surface area contributed by atoms with Crippen molar-refractivity contribution in [2.24, 2.45) is 0 Å². The molecule has 0 aliphatic heterocycles. The molecule has 1 heterocycles. The van der Waals surface area contributed by atoms with E-state index in [-0.39, 0.29) is 6.61 Å². The fourth-order valence-corrected chi connectivity index (χ4v) is 5.16. The van der Waals surface area contributed by atoms with Crippen molar-refractivity contribution < 1.29 is 14.6 Å². The first kappa shape index (κ1) is 22.9. The van der Waals surface area contributed by atoms with Gasteiger partial charge in [0.1, 0.15) is 5.75 Å². The number of thioether (sulfide) groups is 1. The first-order valence-corrected chi connectivity index (χ1v) is 12.4. The predicted molar refractivity (Wildman–Crippen MR) is 138 cm³/mol. The van der Waals surface area contributed by atoms with Crippen LogP contribution < -0.4 is 4.74 Å². The highest BCUT2D eigenvalue weighted by Crippen LogP contribution is 2.31. The van der Waals surface area contributed by atoms with Crippen molar-refractivity contribution in [3.63, 3.8) is 0 Å². The van der Waals surface area contributed by atoms with E-state index < -0.39 is 5.97 Å². The van der Waals surface area contributed by atoms with Gasteiger partial charge in [-0.25, -0.2) is 4.79 Å². The maximum absolute atomic E-state index is 10.7. The lowest BCUT2D eigenvalue weighted by Gasteiger charge is -2.10. The minimum Gasteiger partial charge on any atom is -0.482 e. The van der Waals surface area contributed by atoms with Gasteiger partial charge in [-0.3, -0.25) is 0 Å². The summed E-state index contributed by atoms with van der Waals surface area (Å²) in [7, 11) is 0. The molecule has 0 amide bonds. The van der Waals surface area contributed by atoms with Gasteiger partial charge in [0, 0.05) is 15.5 Å². The lowest BCUT2D eigenvalue weighted by Crippen LogP contribution is -2.09. The van der Waals surface area contributed by atoms with Crippen LogP contribution in [0.5, 0.6) is 5.75 Å². The Kier molecular flexibility index (Phi) is 7.66. The van der Waals surface area contributed by atoms with Crippen molar-refractivity contribution in [3.8, 4) is 16.9 Å². The maximum Gasteiger partial charge on any atom is 0.341 e. The summed E-state index contributed by atoms with van der Waals surface area (Å²) in [6.07, 6.45) is 2.28. The molecule has 0 radical (unpaired) electrons. The molecule has 0 aliphatic carbocycles. The zero-order valence-corrected chi connectivity index (χ0v) is 19.9. The molecule has 166 valence electrons. The minimum atomic E-state index is -0.976. The van der Waals surface area contributed by atoms with Crippen molar-refractivity contribution in [2.45, 2.75) is 11.8 Å². The van der Waals surface area contributed by atoms with Crippen LogP contribution >= 0.6 is 23.1 Å². The Morgan fingerprint density at radius 1 is 0.970 bits per heavy atom. The van der Waals surface area contributed by atoms with Crippen LogP contribution in [0.1, 0.15) is 16.0 Å². The molecule has 5 heteroatoms. The lowest BCUT2D eigenvalue weighted by molar-refractivity contribution is -0.139. The molecule has 0 bridgehead atoms. The number of benzene rings is 3. The number of hydrogen-bond donors (Lipinski definition) is 1. The second-order valence-corrected chi connectivity index (χ2v) is 9.50. The van der Waals surface area contributed by atoms with Gasteiger partial charge in [-0.2, -0.15) is 0 Å². The molecule has 0 aliphatic rings. The van der Waals surface area contributed by atoms with Crippen LogP contribution in [0.4, 0.5) is 0 Å². The predicted octanol–water partition coefficient (Wildman–Crippen LogP) is 7.41. The smallest absolute Gasteiger partial charge is 0.341 e. The fraction of sp³-hybridized carbons (Fsp3) is 0.107. The van der Waals surface area contributed by atoms with Gasteiger partial charge in [0.15, 0.2) is 6.61 Å². The van der Waals surface area contributed by atoms with Crippen LogP contribution in [0.2, 0.25) is 0 Å². The molecular weight excluding hydrogens is 448 g/mol. The summed E-state index contributed by atoms with van der Waals surface area (Å²) in [6, 6.07) is 29.2. The molecule has 4 aromatic rings. The molecule has 3 aromatic carbocycles. The number of carboxylic acids is 1. The van der Waals surface area contributed by atoms with Crippen LogP contribution in [0.25, 0.3) is 16.7 Å². The first-order valence-electron chi connectivity index (χ1n) is 10.6. The van der Waals surface area contributed by atoms with Crippen molar-refractivity contribution in [2.75, 3.05) is 12.4 Å². The standard InChI is InChI=1S/C28H24O3S2/c1-20-18-24(13-14-26(20)31-19-28(29)30)32-17-15-25(27-8-5-16-33-27)23-11-9-22(10-12-23)21-6-3-2-4-7-21/h2-16,18H,17,19H2,1H3,(H,29,30)/b25-15-. The van der Waals surface area contributed by atoms with Crippen LogP contribution in [-0.2, 0) is 4.79 Å². The van der Waals surface area contributed by atoms with Gasteiger partial charge < -0.3 is 9.84 Å². The van der Waals surface area contributed by atoms with E-state index in [1.807, 2.05) is 31.2 Å². The molecule has 1 aromatic heterocycles. The summed E-state index contributed by atoms with van der Waals surface area (Å²) in [5.41, 5.74) is 5.79. The number of aryl methyl sites for hydroxylation is 1. The molecule has 0 atom stereocenters. The zero-order valence-electron chi connectivity index (χ0n) is 18.2. The summed E-state index contributed by atoms with van der Waals surface area (Å²) in [5, 5.41) is 10.9.